The number of nitrogens with zero attached hydrogens (tertiary/aromatic N) is 4. The average molecular weight is 407 g/mol. The molecule has 0 bridgehead atoms. The van der Waals surface area contributed by atoms with Gasteiger partial charge < -0.3 is 10.2 Å². The van der Waals surface area contributed by atoms with Crippen LogP contribution >= 0.6 is 0 Å². The Kier molecular flexibility index (Phi) is 6.02. The van der Waals surface area contributed by atoms with Crippen molar-refractivity contribution < 1.29 is 14.4 Å². The molecule has 0 spiro atoms. The fraction of sp³-hybridized carbons (Fsp3) is 0.409. The minimum Gasteiger partial charge on any atom is -0.355 e. The molecule has 8 heteroatoms. The minimum absolute atomic E-state index is 0.174. The average Bonchev–Trinajstić information content (AvgIpc) is 2.95. The van der Waals surface area contributed by atoms with Gasteiger partial charge in [-0.1, -0.05) is 25.0 Å². The third-order valence-corrected chi connectivity index (χ3v) is 5.48. The number of hydrogen-bond acceptors (Lipinski definition) is 6. The molecule has 8 nitrogen and oxygen atoms in total. The van der Waals surface area contributed by atoms with Crippen LogP contribution in [0.25, 0.3) is 11.3 Å². The Morgan fingerprint density at radius 1 is 0.933 bits per heavy atom. The third-order valence-electron chi connectivity index (χ3n) is 5.48. The topological polar surface area (TPSA) is 95.5 Å². The van der Waals surface area contributed by atoms with Gasteiger partial charge in [0.2, 0.25) is 17.7 Å². The Balaban J connectivity index is 1.42. The Labute approximate surface area is 175 Å². The van der Waals surface area contributed by atoms with E-state index < -0.39 is 5.91 Å². The Morgan fingerprint density at radius 3 is 2.33 bits per heavy atom. The highest BCUT2D eigenvalue weighted by Crippen LogP contribution is 2.23. The Morgan fingerprint density at radius 2 is 1.67 bits per heavy atom. The zero-order chi connectivity index (χ0) is 20.9. The lowest BCUT2D eigenvalue weighted by atomic mass is 10.1. The highest BCUT2D eigenvalue weighted by Gasteiger charge is 2.30. The molecule has 3 heterocycles. The molecular formula is C22H25N5O3. The van der Waals surface area contributed by atoms with Crippen molar-refractivity contribution in [2.75, 3.05) is 29.9 Å². The van der Waals surface area contributed by atoms with Crippen molar-refractivity contribution in [3.8, 4) is 11.3 Å². The van der Waals surface area contributed by atoms with Gasteiger partial charge in [0.1, 0.15) is 6.54 Å². The summed E-state index contributed by atoms with van der Waals surface area (Å²) in [6.07, 6.45) is 5.24. The van der Waals surface area contributed by atoms with E-state index in [2.05, 4.69) is 20.4 Å². The molecule has 0 atom stereocenters. The van der Waals surface area contributed by atoms with Gasteiger partial charge in [0.25, 0.3) is 0 Å². The number of benzene rings is 1. The highest BCUT2D eigenvalue weighted by molar-refractivity contribution is 6.06. The van der Waals surface area contributed by atoms with Gasteiger partial charge in [0, 0.05) is 37.2 Å². The van der Waals surface area contributed by atoms with Gasteiger partial charge in [-0.2, -0.15) is 0 Å². The summed E-state index contributed by atoms with van der Waals surface area (Å²) in [5.74, 6) is -0.115. The van der Waals surface area contributed by atoms with Gasteiger partial charge >= 0.3 is 0 Å². The van der Waals surface area contributed by atoms with Crippen molar-refractivity contribution in [2.24, 2.45) is 0 Å². The molecule has 0 radical (unpaired) electrons. The van der Waals surface area contributed by atoms with Crippen molar-refractivity contribution in [1.82, 2.24) is 15.1 Å². The van der Waals surface area contributed by atoms with Gasteiger partial charge in [-0.15, -0.1) is 10.2 Å². The second-order valence-corrected chi connectivity index (χ2v) is 7.68. The zero-order valence-electron chi connectivity index (χ0n) is 16.8. The fourth-order valence-electron chi connectivity index (χ4n) is 3.85. The van der Waals surface area contributed by atoms with E-state index in [9.17, 15) is 14.4 Å². The molecule has 3 amide bonds. The number of imide groups is 1. The molecule has 2 saturated heterocycles. The number of aromatic nitrogens is 2. The molecule has 1 aromatic heterocycles. The second kappa shape index (κ2) is 9.02. The molecule has 4 rings (SSSR count). The number of amides is 3. The van der Waals surface area contributed by atoms with Crippen LogP contribution in [0.3, 0.4) is 0 Å². The van der Waals surface area contributed by atoms with Crippen molar-refractivity contribution in [1.29, 1.82) is 0 Å². The van der Waals surface area contributed by atoms with E-state index in [-0.39, 0.29) is 31.2 Å². The molecule has 1 N–H and O–H groups in total. The molecule has 0 saturated carbocycles. The van der Waals surface area contributed by atoms with Gasteiger partial charge in [-0.05, 0) is 37.1 Å². The summed E-state index contributed by atoms with van der Waals surface area (Å²) in [5, 5.41) is 11.5. The third kappa shape index (κ3) is 4.64. The van der Waals surface area contributed by atoms with Crippen LogP contribution in [0.15, 0.2) is 36.4 Å². The monoisotopic (exact) mass is 407 g/mol. The predicted molar refractivity (Wildman–Crippen MR) is 113 cm³/mol. The number of likely N-dealkylation sites (tertiary alicyclic amines) is 1. The molecule has 2 aromatic rings. The van der Waals surface area contributed by atoms with Crippen LogP contribution in [0.5, 0.6) is 0 Å². The molecule has 2 aliphatic heterocycles. The second-order valence-electron chi connectivity index (χ2n) is 7.68. The van der Waals surface area contributed by atoms with Crippen molar-refractivity contribution >= 4 is 29.2 Å². The summed E-state index contributed by atoms with van der Waals surface area (Å²) < 4.78 is 0. The Hall–Kier alpha value is -3.29. The zero-order valence-corrected chi connectivity index (χ0v) is 16.8. The molecule has 1 aromatic carbocycles. The molecule has 156 valence electrons. The fourth-order valence-corrected chi connectivity index (χ4v) is 3.85. The normalized spacial score (nSPS) is 17.2. The number of rotatable bonds is 5. The first-order valence-corrected chi connectivity index (χ1v) is 10.4. The number of anilines is 2. The first kappa shape index (κ1) is 20.0. The number of carbonyl (C=O) groups is 3. The highest BCUT2D eigenvalue weighted by atomic mass is 16.2. The molecule has 0 unspecified atom stereocenters. The lowest BCUT2D eigenvalue weighted by molar-refractivity contribution is -0.141. The van der Waals surface area contributed by atoms with Crippen LogP contribution in [0.2, 0.25) is 0 Å². The first-order chi connectivity index (χ1) is 14.6. The molecule has 2 aliphatic rings. The maximum absolute atomic E-state index is 12.3. The standard InChI is InChI=1S/C22H25N5O3/c28-20(15-27-21(29)10-11-22(27)30)23-17-7-5-6-16(14-17)18-8-9-19(25-24-18)26-12-3-1-2-4-13-26/h5-9,14H,1-4,10-13,15H2,(H,23,28). The summed E-state index contributed by atoms with van der Waals surface area (Å²) in [6.45, 7) is 1.77. The summed E-state index contributed by atoms with van der Waals surface area (Å²) in [5.41, 5.74) is 2.13. The van der Waals surface area contributed by atoms with Crippen LogP contribution in [0.4, 0.5) is 11.5 Å². The van der Waals surface area contributed by atoms with Gasteiger partial charge in [0.15, 0.2) is 5.82 Å². The number of carbonyl (C=O) groups excluding carboxylic acids is 3. The predicted octanol–water partition coefficient (Wildman–Crippen LogP) is 2.61. The number of nitrogens with one attached hydrogen (secondary N) is 1. The van der Waals surface area contributed by atoms with Gasteiger partial charge in [-0.25, -0.2) is 0 Å². The van der Waals surface area contributed by atoms with Crippen LogP contribution in [-0.2, 0) is 14.4 Å². The quantitative estimate of drug-likeness (QED) is 0.766. The summed E-state index contributed by atoms with van der Waals surface area (Å²) in [7, 11) is 0. The summed E-state index contributed by atoms with van der Waals surface area (Å²) in [4.78, 5) is 38.9. The molecular weight excluding hydrogens is 382 g/mol. The van der Waals surface area contributed by atoms with E-state index in [4.69, 9.17) is 0 Å². The van der Waals surface area contributed by atoms with E-state index in [1.807, 2.05) is 24.3 Å². The Bertz CT molecular complexity index is 920. The van der Waals surface area contributed by atoms with Crippen LogP contribution in [0.1, 0.15) is 38.5 Å². The van der Waals surface area contributed by atoms with Crippen molar-refractivity contribution in [3.63, 3.8) is 0 Å². The van der Waals surface area contributed by atoms with Gasteiger partial charge in [-0.3, -0.25) is 19.3 Å². The lowest BCUT2D eigenvalue weighted by Gasteiger charge is -2.20. The molecule has 0 aliphatic carbocycles. The SMILES string of the molecule is O=C(CN1C(=O)CCC1=O)Nc1cccc(-c2ccc(N3CCCCCC3)nn2)c1. The van der Waals surface area contributed by atoms with E-state index in [0.717, 1.165) is 35.1 Å². The summed E-state index contributed by atoms with van der Waals surface area (Å²) >= 11 is 0. The van der Waals surface area contributed by atoms with E-state index >= 15 is 0 Å². The summed E-state index contributed by atoms with van der Waals surface area (Å²) in [6, 6.07) is 11.2. The first-order valence-electron chi connectivity index (χ1n) is 10.4. The van der Waals surface area contributed by atoms with Crippen molar-refractivity contribution in [2.45, 2.75) is 38.5 Å². The van der Waals surface area contributed by atoms with E-state index in [1.165, 1.54) is 25.7 Å². The maximum atomic E-state index is 12.3. The maximum Gasteiger partial charge on any atom is 0.244 e. The smallest absolute Gasteiger partial charge is 0.244 e. The minimum atomic E-state index is -0.404. The molecule has 30 heavy (non-hydrogen) atoms. The molecule has 2 fully saturated rings. The van der Waals surface area contributed by atoms with E-state index in [0.29, 0.717) is 5.69 Å². The van der Waals surface area contributed by atoms with Crippen LogP contribution < -0.4 is 10.2 Å². The lowest BCUT2D eigenvalue weighted by Crippen LogP contribution is -2.36. The largest absolute Gasteiger partial charge is 0.355 e. The van der Waals surface area contributed by atoms with Gasteiger partial charge in [0.05, 0.1) is 5.69 Å². The van der Waals surface area contributed by atoms with Crippen molar-refractivity contribution in [3.05, 3.63) is 36.4 Å². The van der Waals surface area contributed by atoms with Crippen LogP contribution in [-0.4, -0.2) is 52.5 Å². The van der Waals surface area contributed by atoms with Crippen LogP contribution in [0, 0.1) is 0 Å². The van der Waals surface area contributed by atoms with E-state index in [1.54, 1.807) is 12.1 Å². The number of hydrogen-bond donors (Lipinski definition) is 1.